The summed E-state index contributed by atoms with van der Waals surface area (Å²) in [5.41, 5.74) is -1.17. The molecule has 0 N–H and O–H groups in total. The summed E-state index contributed by atoms with van der Waals surface area (Å²) in [5, 5.41) is 0. The summed E-state index contributed by atoms with van der Waals surface area (Å²) in [6.07, 6.45) is -0.982. The maximum atomic E-state index is 13.8. The van der Waals surface area contributed by atoms with Crippen molar-refractivity contribution in [3.63, 3.8) is 0 Å². The molecule has 1 saturated carbocycles. The van der Waals surface area contributed by atoms with Crippen LogP contribution in [0.3, 0.4) is 0 Å². The Kier molecular flexibility index (Phi) is 4.35. The lowest BCUT2D eigenvalue weighted by molar-refractivity contribution is -0.141. The SMILES string of the molecule is O=C(N(c1ccnc(C(F)(F)F)c1)c1ccccn1)C1(c2ccc3c(c2)OCO3)CC1. The van der Waals surface area contributed by atoms with Crippen molar-refractivity contribution in [3.8, 4) is 11.5 Å². The molecule has 3 heterocycles. The summed E-state index contributed by atoms with van der Waals surface area (Å²) in [6.45, 7) is 0.108. The van der Waals surface area contributed by atoms with Crippen LogP contribution in [-0.2, 0) is 16.4 Å². The lowest BCUT2D eigenvalue weighted by Crippen LogP contribution is -2.37. The molecule has 6 nitrogen and oxygen atoms in total. The van der Waals surface area contributed by atoms with E-state index in [0.717, 1.165) is 17.8 Å². The zero-order valence-electron chi connectivity index (χ0n) is 16.1. The Morgan fingerprint density at radius 3 is 2.48 bits per heavy atom. The van der Waals surface area contributed by atoms with Gasteiger partial charge in [0.15, 0.2) is 11.5 Å². The van der Waals surface area contributed by atoms with Crippen LogP contribution in [-0.4, -0.2) is 22.7 Å². The number of aromatic nitrogens is 2. The van der Waals surface area contributed by atoms with E-state index < -0.39 is 17.3 Å². The van der Waals surface area contributed by atoms with Gasteiger partial charge in [0.05, 0.1) is 11.1 Å². The third kappa shape index (κ3) is 3.35. The van der Waals surface area contributed by atoms with E-state index in [1.54, 1.807) is 36.4 Å². The number of hydrogen-bond donors (Lipinski definition) is 0. The van der Waals surface area contributed by atoms with Crippen LogP contribution in [0.1, 0.15) is 24.1 Å². The van der Waals surface area contributed by atoms with Gasteiger partial charge in [-0.25, -0.2) is 4.98 Å². The summed E-state index contributed by atoms with van der Waals surface area (Å²) in [4.78, 5) is 22.7. The zero-order chi connectivity index (χ0) is 21.6. The molecule has 0 radical (unpaired) electrons. The second-order valence-corrected chi connectivity index (χ2v) is 7.38. The molecule has 2 aromatic heterocycles. The number of nitrogens with zero attached hydrogens (tertiary/aromatic N) is 3. The van der Waals surface area contributed by atoms with Crippen LogP contribution in [0.2, 0.25) is 0 Å². The van der Waals surface area contributed by atoms with E-state index >= 15 is 0 Å². The number of alkyl halides is 3. The fourth-order valence-corrected chi connectivity index (χ4v) is 3.71. The van der Waals surface area contributed by atoms with Crippen molar-refractivity contribution in [2.45, 2.75) is 24.4 Å². The molecule has 1 amide bonds. The standard InChI is InChI=1S/C22H16F3N3O3/c23-22(24,25)18-12-15(6-10-26-18)28(19-3-1-2-9-27-19)20(29)21(7-8-21)14-4-5-16-17(11-14)31-13-30-16/h1-6,9-12H,7-8,13H2. The van der Waals surface area contributed by atoms with Gasteiger partial charge in [-0.2, -0.15) is 13.2 Å². The van der Waals surface area contributed by atoms with E-state index in [2.05, 4.69) is 9.97 Å². The van der Waals surface area contributed by atoms with Crippen LogP contribution in [0.4, 0.5) is 24.7 Å². The molecule has 1 aromatic carbocycles. The molecule has 1 aliphatic heterocycles. The van der Waals surface area contributed by atoms with Crippen LogP contribution < -0.4 is 14.4 Å². The third-order valence-electron chi connectivity index (χ3n) is 5.46. The zero-order valence-corrected chi connectivity index (χ0v) is 16.1. The van der Waals surface area contributed by atoms with E-state index in [-0.39, 0.29) is 24.2 Å². The number of amides is 1. The molecule has 1 fully saturated rings. The number of carbonyl (C=O) groups excluding carboxylic acids is 1. The number of carbonyl (C=O) groups is 1. The minimum Gasteiger partial charge on any atom is -0.454 e. The first-order valence-corrected chi connectivity index (χ1v) is 9.57. The van der Waals surface area contributed by atoms with Crippen LogP contribution >= 0.6 is 0 Å². The number of halogens is 3. The molecule has 9 heteroatoms. The van der Waals surface area contributed by atoms with Crippen LogP contribution in [0.15, 0.2) is 60.9 Å². The number of fused-ring (bicyclic) bond motifs is 1. The monoisotopic (exact) mass is 427 g/mol. The Morgan fingerprint density at radius 2 is 1.77 bits per heavy atom. The molecule has 31 heavy (non-hydrogen) atoms. The van der Waals surface area contributed by atoms with Crippen LogP contribution in [0.5, 0.6) is 11.5 Å². The molecular weight excluding hydrogens is 411 g/mol. The molecule has 5 rings (SSSR count). The minimum absolute atomic E-state index is 0.0537. The molecule has 0 bridgehead atoms. The first-order valence-electron chi connectivity index (χ1n) is 9.57. The number of hydrogen-bond acceptors (Lipinski definition) is 5. The maximum absolute atomic E-state index is 13.8. The first-order chi connectivity index (χ1) is 14.9. The number of benzene rings is 1. The van der Waals surface area contributed by atoms with Crippen molar-refractivity contribution in [2.24, 2.45) is 0 Å². The molecule has 0 saturated heterocycles. The predicted octanol–water partition coefficient (Wildman–Crippen LogP) is 4.62. The molecule has 0 spiro atoms. The van der Waals surface area contributed by atoms with Gasteiger partial charge in [-0.3, -0.25) is 14.7 Å². The lowest BCUT2D eigenvalue weighted by atomic mass is 9.93. The summed E-state index contributed by atoms with van der Waals surface area (Å²) in [5.74, 6) is 1.02. The molecular formula is C22H16F3N3O3. The molecule has 2 aliphatic rings. The Bertz CT molecular complexity index is 1150. The second kappa shape index (κ2) is 6.97. The van der Waals surface area contributed by atoms with Crippen molar-refractivity contribution in [2.75, 3.05) is 11.7 Å². The van der Waals surface area contributed by atoms with Crippen molar-refractivity contribution in [1.82, 2.24) is 9.97 Å². The number of rotatable bonds is 4. The Labute approximate surface area is 175 Å². The second-order valence-electron chi connectivity index (χ2n) is 7.38. The van der Waals surface area contributed by atoms with Crippen molar-refractivity contribution >= 4 is 17.4 Å². The van der Waals surface area contributed by atoms with Crippen LogP contribution in [0, 0.1) is 0 Å². The topological polar surface area (TPSA) is 64.6 Å². The summed E-state index contributed by atoms with van der Waals surface area (Å²) < 4.78 is 50.6. The van der Waals surface area contributed by atoms with Gasteiger partial charge in [0.1, 0.15) is 11.5 Å². The summed E-state index contributed by atoms with van der Waals surface area (Å²) in [6, 6.07) is 12.5. The van der Waals surface area contributed by atoms with Crippen molar-refractivity contribution < 1.29 is 27.4 Å². The van der Waals surface area contributed by atoms with E-state index in [9.17, 15) is 18.0 Å². The van der Waals surface area contributed by atoms with Gasteiger partial charge < -0.3 is 9.47 Å². The lowest BCUT2D eigenvalue weighted by Gasteiger charge is -2.27. The van der Waals surface area contributed by atoms with E-state index in [1.165, 1.54) is 17.2 Å². The Morgan fingerprint density at radius 1 is 0.968 bits per heavy atom. The van der Waals surface area contributed by atoms with Gasteiger partial charge in [-0.05, 0) is 54.8 Å². The van der Waals surface area contributed by atoms with Gasteiger partial charge in [-0.1, -0.05) is 12.1 Å². The highest BCUT2D eigenvalue weighted by molar-refractivity contribution is 6.07. The highest BCUT2D eigenvalue weighted by Crippen LogP contribution is 2.53. The number of ether oxygens (including phenoxy) is 2. The Hall–Kier alpha value is -3.62. The molecule has 0 unspecified atom stereocenters. The van der Waals surface area contributed by atoms with Gasteiger partial charge in [0.25, 0.3) is 0 Å². The normalized spacial score (nSPS) is 16.1. The Balaban J connectivity index is 1.59. The van der Waals surface area contributed by atoms with Gasteiger partial charge in [0.2, 0.25) is 12.7 Å². The first kappa shape index (κ1) is 19.3. The van der Waals surface area contributed by atoms with Crippen LogP contribution in [0.25, 0.3) is 0 Å². The average molecular weight is 427 g/mol. The van der Waals surface area contributed by atoms with E-state index in [1.807, 2.05) is 0 Å². The van der Waals surface area contributed by atoms with E-state index in [0.29, 0.717) is 24.3 Å². The molecule has 1 aliphatic carbocycles. The van der Waals surface area contributed by atoms with Crippen molar-refractivity contribution in [1.29, 1.82) is 0 Å². The number of anilines is 2. The number of pyridine rings is 2. The summed E-state index contributed by atoms with van der Waals surface area (Å²) in [7, 11) is 0. The largest absolute Gasteiger partial charge is 0.454 e. The fourth-order valence-electron chi connectivity index (χ4n) is 3.71. The maximum Gasteiger partial charge on any atom is 0.433 e. The van der Waals surface area contributed by atoms with Gasteiger partial charge in [-0.15, -0.1) is 0 Å². The molecule has 0 atom stereocenters. The predicted molar refractivity (Wildman–Crippen MR) is 104 cm³/mol. The van der Waals surface area contributed by atoms with Gasteiger partial charge >= 0.3 is 6.18 Å². The average Bonchev–Trinajstić information content (AvgIpc) is 3.45. The molecule has 3 aromatic rings. The highest BCUT2D eigenvalue weighted by atomic mass is 19.4. The summed E-state index contributed by atoms with van der Waals surface area (Å²) >= 11 is 0. The van der Waals surface area contributed by atoms with Crippen molar-refractivity contribution in [3.05, 3.63) is 72.2 Å². The van der Waals surface area contributed by atoms with E-state index in [4.69, 9.17) is 9.47 Å². The van der Waals surface area contributed by atoms with Gasteiger partial charge in [0, 0.05) is 12.4 Å². The highest BCUT2D eigenvalue weighted by Gasteiger charge is 2.54. The molecule has 158 valence electrons. The minimum atomic E-state index is -4.64. The quantitative estimate of drug-likeness (QED) is 0.608. The third-order valence-corrected chi connectivity index (χ3v) is 5.46. The smallest absolute Gasteiger partial charge is 0.433 e. The fraction of sp³-hybridized carbons (Fsp3) is 0.227.